The second-order valence-electron chi connectivity index (χ2n) is 3.85. The lowest BCUT2D eigenvalue weighted by atomic mass is 10.1. The van der Waals surface area contributed by atoms with Gasteiger partial charge in [-0.25, -0.2) is 21.6 Å². The fourth-order valence-electron chi connectivity index (χ4n) is 1.37. The number of halogens is 1. The number of sulfonamides is 1. The lowest BCUT2D eigenvalue weighted by Crippen LogP contribution is -2.23. The van der Waals surface area contributed by atoms with Crippen molar-refractivity contribution in [3.8, 4) is 0 Å². The molecule has 0 amide bonds. The molecular formula is C10H14ClNO4S2. The molecule has 8 heteroatoms. The Kier molecular flexibility index (Phi) is 5.15. The average Bonchev–Trinajstić information content (AvgIpc) is 2.22. The molecular weight excluding hydrogens is 298 g/mol. The Morgan fingerprint density at radius 2 is 1.67 bits per heavy atom. The molecule has 102 valence electrons. The molecule has 1 N–H and O–H groups in total. The number of aryl methyl sites for hydroxylation is 1. The molecule has 0 aliphatic rings. The van der Waals surface area contributed by atoms with E-state index < -0.39 is 19.1 Å². The van der Waals surface area contributed by atoms with E-state index in [1.54, 1.807) is 12.1 Å². The third kappa shape index (κ3) is 5.81. The minimum absolute atomic E-state index is 0.0576. The number of benzene rings is 1. The molecule has 1 rings (SSSR count). The molecule has 0 unspecified atom stereocenters. The zero-order valence-corrected chi connectivity index (χ0v) is 12.1. The van der Waals surface area contributed by atoms with Gasteiger partial charge in [-0.1, -0.05) is 12.1 Å². The summed E-state index contributed by atoms with van der Waals surface area (Å²) in [7, 11) is -1.65. The van der Waals surface area contributed by atoms with Crippen molar-refractivity contribution >= 4 is 29.8 Å². The van der Waals surface area contributed by atoms with E-state index in [-0.39, 0.29) is 4.90 Å². The molecule has 0 saturated heterocycles. The lowest BCUT2D eigenvalue weighted by Gasteiger charge is -2.03. The van der Waals surface area contributed by atoms with Crippen molar-refractivity contribution in [2.24, 2.45) is 0 Å². The fourth-order valence-corrected chi connectivity index (χ4v) is 2.65. The highest BCUT2D eigenvalue weighted by atomic mass is 35.7. The number of hydrogen-bond acceptors (Lipinski definition) is 4. The first-order valence-electron chi connectivity index (χ1n) is 5.17. The standard InChI is InChI=1S/C10H14ClNO4S2/c1-17(13,14)12-8-2-3-9-4-6-10(7-5-9)18(11,15)16/h4-7,12H,2-3,8H2,1H3. The van der Waals surface area contributed by atoms with Gasteiger partial charge in [0.05, 0.1) is 11.2 Å². The molecule has 1 aromatic rings. The van der Waals surface area contributed by atoms with Crippen LogP contribution in [0.2, 0.25) is 0 Å². The molecule has 0 fully saturated rings. The van der Waals surface area contributed by atoms with Crippen LogP contribution in [-0.2, 0) is 25.5 Å². The average molecular weight is 312 g/mol. The summed E-state index contributed by atoms with van der Waals surface area (Å²) in [6, 6.07) is 6.19. The van der Waals surface area contributed by atoms with Crippen LogP contribution in [0.4, 0.5) is 0 Å². The van der Waals surface area contributed by atoms with Gasteiger partial charge in [0.2, 0.25) is 10.0 Å². The SMILES string of the molecule is CS(=O)(=O)NCCCc1ccc(S(=O)(=O)Cl)cc1. The van der Waals surface area contributed by atoms with Gasteiger partial charge in [0, 0.05) is 17.2 Å². The van der Waals surface area contributed by atoms with Gasteiger partial charge < -0.3 is 0 Å². The van der Waals surface area contributed by atoms with E-state index in [1.807, 2.05) is 0 Å². The van der Waals surface area contributed by atoms with Crippen molar-refractivity contribution in [3.63, 3.8) is 0 Å². The second-order valence-corrected chi connectivity index (χ2v) is 8.25. The van der Waals surface area contributed by atoms with Crippen LogP contribution < -0.4 is 4.72 Å². The Hall–Kier alpha value is -0.630. The van der Waals surface area contributed by atoms with Gasteiger partial charge in [-0.3, -0.25) is 0 Å². The summed E-state index contributed by atoms with van der Waals surface area (Å²) < 4.78 is 46.0. The molecule has 0 atom stereocenters. The van der Waals surface area contributed by atoms with Crippen LogP contribution in [0.25, 0.3) is 0 Å². The Morgan fingerprint density at radius 3 is 2.11 bits per heavy atom. The molecule has 18 heavy (non-hydrogen) atoms. The summed E-state index contributed by atoms with van der Waals surface area (Å²) in [6.07, 6.45) is 2.40. The monoisotopic (exact) mass is 311 g/mol. The van der Waals surface area contributed by atoms with Crippen molar-refractivity contribution in [1.82, 2.24) is 4.72 Å². The predicted molar refractivity (Wildman–Crippen MR) is 70.6 cm³/mol. The van der Waals surface area contributed by atoms with Crippen molar-refractivity contribution < 1.29 is 16.8 Å². The quantitative estimate of drug-likeness (QED) is 0.630. The normalized spacial score (nSPS) is 12.6. The summed E-state index contributed by atoms with van der Waals surface area (Å²) in [5, 5.41) is 0. The summed E-state index contributed by atoms with van der Waals surface area (Å²) in [5.74, 6) is 0. The highest BCUT2D eigenvalue weighted by Crippen LogP contribution is 2.15. The van der Waals surface area contributed by atoms with Crippen LogP contribution in [0.15, 0.2) is 29.2 Å². The molecule has 0 heterocycles. The first-order valence-corrected chi connectivity index (χ1v) is 9.37. The number of rotatable bonds is 6. The first kappa shape index (κ1) is 15.4. The molecule has 0 bridgehead atoms. The summed E-state index contributed by atoms with van der Waals surface area (Å²) in [5.41, 5.74) is 0.925. The number of nitrogens with one attached hydrogen (secondary N) is 1. The van der Waals surface area contributed by atoms with Crippen molar-refractivity contribution in [2.45, 2.75) is 17.7 Å². The third-order valence-corrected chi connectivity index (χ3v) is 4.31. The second kappa shape index (κ2) is 6.01. The van der Waals surface area contributed by atoms with Crippen LogP contribution >= 0.6 is 10.7 Å². The van der Waals surface area contributed by atoms with Gasteiger partial charge in [0.15, 0.2) is 0 Å². The zero-order valence-electron chi connectivity index (χ0n) is 9.76. The van der Waals surface area contributed by atoms with E-state index >= 15 is 0 Å². The minimum atomic E-state index is -3.68. The van der Waals surface area contributed by atoms with Gasteiger partial charge in [-0.15, -0.1) is 0 Å². The Bertz CT molecular complexity index is 593. The van der Waals surface area contributed by atoms with Crippen LogP contribution in [0.1, 0.15) is 12.0 Å². The molecule has 1 aromatic carbocycles. The van der Waals surface area contributed by atoms with Gasteiger partial charge in [-0.2, -0.15) is 0 Å². The highest BCUT2D eigenvalue weighted by Gasteiger charge is 2.08. The van der Waals surface area contributed by atoms with Crippen molar-refractivity contribution in [1.29, 1.82) is 0 Å². The lowest BCUT2D eigenvalue weighted by molar-refractivity contribution is 0.585. The van der Waals surface area contributed by atoms with Crippen LogP contribution in [-0.4, -0.2) is 29.6 Å². The van der Waals surface area contributed by atoms with Gasteiger partial charge in [-0.05, 0) is 30.5 Å². The topological polar surface area (TPSA) is 80.3 Å². The summed E-state index contributed by atoms with van der Waals surface area (Å²) >= 11 is 0. The Balaban J connectivity index is 2.50. The van der Waals surface area contributed by atoms with E-state index in [4.69, 9.17) is 10.7 Å². The largest absolute Gasteiger partial charge is 0.261 e. The maximum absolute atomic E-state index is 11.0. The molecule has 0 saturated carbocycles. The predicted octanol–water partition coefficient (Wildman–Crippen LogP) is 1.10. The van der Waals surface area contributed by atoms with Gasteiger partial charge in [0.25, 0.3) is 9.05 Å². The molecule has 0 spiro atoms. The number of hydrogen-bond donors (Lipinski definition) is 1. The fraction of sp³-hybridized carbons (Fsp3) is 0.400. The van der Waals surface area contributed by atoms with E-state index in [1.165, 1.54) is 12.1 Å². The molecule has 0 radical (unpaired) electrons. The van der Waals surface area contributed by atoms with E-state index in [9.17, 15) is 16.8 Å². The highest BCUT2D eigenvalue weighted by molar-refractivity contribution is 8.13. The van der Waals surface area contributed by atoms with Crippen LogP contribution in [0.3, 0.4) is 0 Å². The molecule has 0 aliphatic carbocycles. The van der Waals surface area contributed by atoms with Crippen molar-refractivity contribution in [3.05, 3.63) is 29.8 Å². The molecule has 0 aliphatic heterocycles. The van der Waals surface area contributed by atoms with E-state index in [0.29, 0.717) is 19.4 Å². The molecule has 5 nitrogen and oxygen atoms in total. The van der Waals surface area contributed by atoms with Crippen LogP contribution in [0.5, 0.6) is 0 Å². The van der Waals surface area contributed by atoms with Gasteiger partial charge >= 0.3 is 0 Å². The van der Waals surface area contributed by atoms with Crippen LogP contribution in [0, 0.1) is 0 Å². The minimum Gasteiger partial charge on any atom is -0.215 e. The maximum atomic E-state index is 11.0. The maximum Gasteiger partial charge on any atom is 0.261 e. The first-order chi connectivity index (χ1) is 8.18. The van der Waals surface area contributed by atoms with E-state index in [0.717, 1.165) is 11.8 Å². The van der Waals surface area contributed by atoms with Gasteiger partial charge in [0.1, 0.15) is 0 Å². The van der Waals surface area contributed by atoms with E-state index in [2.05, 4.69) is 4.72 Å². The Morgan fingerprint density at radius 1 is 1.11 bits per heavy atom. The third-order valence-electron chi connectivity index (χ3n) is 2.21. The summed E-state index contributed by atoms with van der Waals surface area (Å²) in [4.78, 5) is 0.0576. The smallest absolute Gasteiger partial charge is 0.215 e. The summed E-state index contributed by atoms with van der Waals surface area (Å²) in [6.45, 7) is 0.356. The Labute approximate surface area is 112 Å². The van der Waals surface area contributed by atoms with Crippen molar-refractivity contribution in [2.75, 3.05) is 12.8 Å². The zero-order chi connectivity index (χ0) is 13.8. The molecule has 0 aromatic heterocycles.